The van der Waals surface area contributed by atoms with Crippen LogP contribution in [0.25, 0.3) is 10.9 Å². The van der Waals surface area contributed by atoms with Crippen molar-refractivity contribution in [1.29, 1.82) is 0 Å². The van der Waals surface area contributed by atoms with Gasteiger partial charge < -0.3 is 10.3 Å². The molecule has 2 heterocycles. The van der Waals surface area contributed by atoms with Crippen LogP contribution in [0.4, 0.5) is 0 Å². The molecule has 138 valence electrons. The summed E-state index contributed by atoms with van der Waals surface area (Å²) < 4.78 is 1.89. The summed E-state index contributed by atoms with van der Waals surface area (Å²) in [5.74, 6) is 0.796. The molecule has 1 amide bonds. The molecule has 0 aliphatic heterocycles. The van der Waals surface area contributed by atoms with E-state index >= 15 is 0 Å². The Labute approximate surface area is 154 Å². The van der Waals surface area contributed by atoms with Crippen LogP contribution in [0.5, 0.6) is 0 Å². The van der Waals surface area contributed by atoms with Crippen LogP contribution in [0.1, 0.15) is 43.0 Å². The fourth-order valence-corrected chi connectivity index (χ4v) is 3.56. The van der Waals surface area contributed by atoms with E-state index in [1.165, 1.54) is 22.0 Å². The Bertz CT molecular complexity index is 890. The topological polar surface area (TPSA) is 62.7 Å². The lowest BCUT2D eigenvalue weighted by Gasteiger charge is -2.21. The van der Waals surface area contributed by atoms with E-state index < -0.39 is 0 Å². The Morgan fingerprint density at radius 2 is 2.12 bits per heavy atom. The van der Waals surface area contributed by atoms with Crippen molar-refractivity contribution in [2.24, 2.45) is 13.0 Å². The van der Waals surface area contributed by atoms with Gasteiger partial charge in [-0.15, -0.1) is 0 Å². The monoisotopic (exact) mass is 352 g/mol. The quantitative estimate of drug-likeness (QED) is 0.681. The molecule has 0 fully saturated rings. The van der Waals surface area contributed by atoms with Crippen LogP contribution in [0.15, 0.2) is 36.7 Å². The van der Waals surface area contributed by atoms with E-state index in [-0.39, 0.29) is 11.8 Å². The molecule has 0 radical (unpaired) electrons. The van der Waals surface area contributed by atoms with Gasteiger partial charge in [0.15, 0.2) is 0 Å². The molecule has 26 heavy (non-hydrogen) atoms. The molecule has 0 aliphatic carbocycles. The molecule has 0 saturated heterocycles. The van der Waals surface area contributed by atoms with Gasteiger partial charge >= 0.3 is 0 Å². The van der Waals surface area contributed by atoms with E-state index in [9.17, 15) is 4.79 Å². The third kappa shape index (κ3) is 3.82. The van der Waals surface area contributed by atoms with Gasteiger partial charge in [-0.2, -0.15) is 5.10 Å². The molecule has 0 saturated carbocycles. The molecule has 3 aromatic rings. The van der Waals surface area contributed by atoms with Crippen molar-refractivity contribution in [3.8, 4) is 0 Å². The Kier molecular flexibility index (Phi) is 5.45. The minimum atomic E-state index is 0.0971. The zero-order valence-corrected chi connectivity index (χ0v) is 16.0. The summed E-state index contributed by atoms with van der Waals surface area (Å²) in [5, 5.41) is 8.58. The molecule has 0 bridgehead atoms. The molecular weight excluding hydrogens is 324 g/mol. The van der Waals surface area contributed by atoms with Gasteiger partial charge in [0.05, 0.1) is 0 Å². The Balaban J connectivity index is 1.58. The number of H-pyrrole nitrogens is 1. The highest BCUT2D eigenvalue weighted by Crippen LogP contribution is 2.24. The van der Waals surface area contributed by atoms with Crippen molar-refractivity contribution in [3.63, 3.8) is 0 Å². The summed E-state index contributed by atoms with van der Waals surface area (Å²) in [6.45, 7) is 7.10. The molecule has 5 nitrogen and oxygen atoms in total. The predicted molar refractivity (Wildman–Crippen MR) is 105 cm³/mol. The number of hydrogen-bond acceptors (Lipinski definition) is 2. The number of nitrogens with one attached hydrogen (secondary N) is 2. The Morgan fingerprint density at radius 1 is 1.31 bits per heavy atom. The zero-order valence-electron chi connectivity index (χ0n) is 16.0. The number of aromatic nitrogens is 3. The minimum Gasteiger partial charge on any atom is -0.361 e. The van der Waals surface area contributed by atoms with Gasteiger partial charge in [0.1, 0.15) is 0 Å². The molecule has 0 spiro atoms. The first-order chi connectivity index (χ1) is 12.5. The zero-order chi connectivity index (χ0) is 18.7. The smallest absolute Gasteiger partial charge is 0.220 e. The molecule has 0 aliphatic rings. The standard InChI is InChI=1S/C21H28N4O/c1-14(2)18(19-10-11-24-25(19)4)13-22-20(26)9-8-16-12-23-21-15(3)6-5-7-17(16)21/h5-7,10-12,14,18,23H,8-9,13H2,1-4H3,(H,22,26)/t18-/m1/s1. The first-order valence-corrected chi connectivity index (χ1v) is 9.27. The van der Waals surface area contributed by atoms with Crippen LogP contribution in [0, 0.1) is 12.8 Å². The fourth-order valence-electron chi connectivity index (χ4n) is 3.56. The molecule has 1 atom stereocenters. The van der Waals surface area contributed by atoms with E-state index in [1.54, 1.807) is 0 Å². The van der Waals surface area contributed by atoms with Gasteiger partial charge in [0, 0.05) is 54.9 Å². The van der Waals surface area contributed by atoms with E-state index in [0.29, 0.717) is 18.9 Å². The van der Waals surface area contributed by atoms with Crippen molar-refractivity contribution in [2.45, 2.75) is 39.5 Å². The third-order valence-corrected chi connectivity index (χ3v) is 5.19. The number of benzene rings is 1. The highest BCUT2D eigenvalue weighted by atomic mass is 16.1. The van der Waals surface area contributed by atoms with Gasteiger partial charge in [-0.1, -0.05) is 32.0 Å². The highest BCUT2D eigenvalue weighted by molar-refractivity contribution is 5.86. The maximum absolute atomic E-state index is 12.4. The number of nitrogens with zero attached hydrogens (tertiary/aromatic N) is 2. The second-order valence-corrected chi connectivity index (χ2v) is 7.35. The predicted octanol–water partition coefficient (Wildman–Crippen LogP) is 3.70. The molecule has 5 heteroatoms. The molecule has 1 aromatic carbocycles. The Hall–Kier alpha value is -2.56. The van der Waals surface area contributed by atoms with E-state index in [1.807, 2.05) is 30.2 Å². The first-order valence-electron chi connectivity index (χ1n) is 9.27. The molecule has 2 aromatic heterocycles. The second kappa shape index (κ2) is 7.77. The lowest BCUT2D eigenvalue weighted by Crippen LogP contribution is -2.31. The van der Waals surface area contributed by atoms with Crippen molar-refractivity contribution in [2.75, 3.05) is 6.54 Å². The average Bonchev–Trinajstić information content (AvgIpc) is 3.20. The van der Waals surface area contributed by atoms with Crippen LogP contribution in [-0.2, 0) is 18.3 Å². The lowest BCUT2D eigenvalue weighted by atomic mass is 9.92. The number of para-hydroxylation sites is 1. The van der Waals surface area contributed by atoms with Gasteiger partial charge in [0.2, 0.25) is 5.91 Å². The number of aryl methyl sites for hydroxylation is 3. The summed E-state index contributed by atoms with van der Waals surface area (Å²) in [6, 6.07) is 8.31. The van der Waals surface area contributed by atoms with Gasteiger partial charge in [0.25, 0.3) is 0 Å². The first kappa shape index (κ1) is 18.2. The number of hydrogen-bond donors (Lipinski definition) is 2. The van der Waals surface area contributed by atoms with E-state index in [0.717, 1.165) is 12.1 Å². The van der Waals surface area contributed by atoms with Gasteiger partial charge in [-0.25, -0.2) is 0 Å². The summed E-state index contributed by atoms with van der Waals surface area (Å²) in [5.41, 5.74) is 4.76. The van der Waals surface area contributed by atoms with Crippen molar-refractivity contribution in [3.05, 3.63) is 53.5 Å². The summed E-state index contributed by atoms with van der Waals surface area (Å²) in [7, 11) is 1.95. The summed E-state index contributed by atoms with van der Waals surface area (Å²) >= 11 is 0. The van der Waals surface area contributed by atoms with E-state index in [4.69, 9.17) is 0 Å². The Morgan fingerprint density at radius 3 is 2.81 bits per heavy atom. The lowest BCUT2D eigenvalue weighted by molar-refractivity contribution is -0.121. The van der Waals surface area contributed by atoms with E-state index in [2.05, 4.69) is 54.4 Å². The van der Waals surface area contributed by atoms with Crippen molar-refractivity contribution < 1.29 is 4.79 Å². The number of rotatable bonds is 7. The van der Waals surface area contributed by atoms with Crippen LogP contribution >= 0.6 is 0 Å². The number of fused-ring (bicyclic) bond motifs is 1. The van der Waals surface area contributed by atoms with Crippen molar-refractivity contribution in [1.82, 2.24) is 20.1 Å². The normalized spacial score (nSPS) is 12.7. The van der Waals surface area contributed by atoms with Gasteiger partial charge in [-0.3, -0.25) is 9.48 Å². The number of carbonyl (C=O) groups is 1. The molecular formula is C21H28N4O. The largest absolute Gasteiger partial charge is 0.361 e. The van der Waals surface area contributed by atoms with Crippen LogP contribution in [0.3, 0.4) is 0 Å². The summed E-state index contributed by atoms with van der Waals surface area (Å²) in [4.78, 5) is 15.7. The minimum absolute atomic E-state index is 0.0971. The average molecular weight is 352 g/mol. The van der Waals surface area contributed by atoms with Crippen LogP contribution < -0.4 is 5.32 Å². The van der Waals surface area contributed by atoms with Gasteiger partial charge in [-0.05, 0) is 36.5 Å². The second-order valence-electron chi connectivity index (χ2n) is 7.35. The number of amides is 1. The fraction of sp³-hybridized carbons (Fsp3) is 0.429. The number of aromatic amines is 1. The molecule has 2 N–H and O–H groups in total. The number of carbonyl (C=O) groups excluding carboxylic acids is 1. The van der Waals surface area contributed by atoms with Crippen LogP contribution in [-0.4, -0.2) is 27.2 Å². The molecule has 3 rings (SSSR count). The third-order valence-electron chi connectivity index (χ3n) is 5.19. The summed E-state index contributed by atoms with van der Waals surface area (Å²) in [6.07, 6.45) is 5.08. The maximum atomic E-state index is 12.4. The van der Waals surface area contributed by atoms with Crippen molar-refractivity contribution >= 4 is 16.8 Å². The van der Waals surface area contributed by atoms with Crippen LogP contribution in [0.2, 0.25) is 0 Å². The highest BCUT2D eigenvalue weighted by Gasteiger charge is 2.19. The SMILES string of the molecule is Cc1cccc2c(CCC(=O)NC[C@@H](c3ccnn3C)C(C)C)c[nH]c12. The maximum Gasteiger partial charge on any atom is 0.220 e. The molecule has 0 unspecified atom stereocenters.